The van der Waals surface area contributed by atoms with E-state index in [1.54, 1.807) is 0 Å². The Hall–Kier alpha value is -0.690. The van der Waals surface area contributed by atoms with E-state index in [-0.39, 0.29) is 17.4 Å². The summed E-state index contributed by atoms with van der Waals surface area (Å²) in [7, 11) is 0. The molecule has 0 aromatic heterocycles. The van der Waals surface area contributed by atoms with Crippen molar-refractivity contribution in [2.24, 2.45) is 11.3 Å². The number of nitrogens with zero attached hydrogens (tertiary/aromatic N) is 1. The molecule has 5 fully saturated rings. The number of likely N-dealkylation sites (tertiary alicyclic amines) is 1. The molecule has 3 heterocycles. The molecule has 5 rings (SSSR count). The van der Waals surface area contributed by atoms with E-state index in [4.69, 9.17) is 4.74 Å². The fourth-order valence-electron chi connectivity index (χ4n) is 5.12. The van der Waals surface area contributed by atoms with Gasteiger partial charge in [0.25, 0.3) is 5.91 Å². The average Bonchev–Trinajstić information content (AvgIpc) is 3.52. The molecule has 2 bridgehead atoms. The third-order valence-electron chi connectivity index (χ3n) is 7.02. The normalized spacial score (nSPS) is 42.0. The first-order chi connectivity index (χ1) is 11.7. The Morgan fingerprint density at radius 3 is 2.42 bits per heavy atom. The van der Waals surface area contributed by atoms with Gasteiger partial charge in [0.05, 0.1) is 13.2 Å². The van der Waals surface area contributed by atoms with Gasteiger partial charge in [-0.1, -0.05) is 0 Å². The van der Waals surface area contributed by atoms with Crippen molar-refractivity contribution in [3.63, 3.8) is 0 Å². The number of fused-ring (bicyclic) bond motifs is 2. The van der Waals surface area contributed by atoms with Crippen molar-refractivity contribution < 1.29 is 14.6 Å². The lowest BCUT2D eigenvalue weighted by atomic mass is 9.87. The van der Waals surface area contributed by atoms with Gasteiger partial charge in [0.15, 0.2) is 0 Å². The number of nitrogens with one attached hydrogen (secondary N) is 2. The van der Waals surface area contributed by atoms with E-state index in [0.29, 0.717) is 24.7 Å². The highest BCUT2D eigenvalue weighted by Crippen LogP contribution is 2.53. The van der Waals surface area contributed by atoms with Crippen molar-refractivity contribution in [3.8, 4) is 0 Å². The van der Waals surface area contributed by atoms with Gasteiger partial charge in [-0.15, -0.1) is 0 Å². The van der Waals surface area contributed by atoms with Crippen LogP contribution in [0.15, 0.2) is 0 Å². The fraction of sp³-hybridized carbons (Fsp3) is 0.944. The third-order valence-corrected chi connectivity index (χ3v) is 7.02. The van der Waals surface area contributed by atoms with Crippen molar-refractivity contribution >= 4 is 5.91 Å². The molecule has 3 saturated heterocycles. The first kappa shape index (κ1) is 15.6. The maximum atomic E-state index is 13.0. The molecule has 5 aliphatic rings. The molecular formula is C18H29N3O3. The Morgan fingerprint density at radius 1 is 1.08 bits per heavy atom. The number of hydrogen-bond donors (Lipinski definition) is 3. The Morgan fingerprint density at radius 2 is 1.79 bits per heavy atom. The third kappa shape index (κ3) is 2.59. The van der Waals surface area contributed by atoms with Gasteiger partial charge in [0.2, 0.25) is 0 Å². The minimum atomic E-state index is -0.881. The van der Waals surface area contributed by atoms with Crippen LogP contribution in [-0.4, -0.2) is 72.5 Å². The van der Waals surface area contributed by atoms with Crippen LogP contribution in [0, 0.1) is 11.3 Å². The molecule has 3 N–H and O–H groups in total. The van der Waals surface area contributed by atoms with Crippen LogP contribution in [0.4, 0.5) is 0 Å². The Labute approximate surface area is 143 Å². The molecule has 3 aliphatic heterocycles. The number of aliphatic hydroxyl groups is 1. The molecule has 0 aromatic carbocycles. The van der Waals surface area contributed by atoms with E-state index in [1.165, 1.54) is 12.8 Å². The standard InChI is InChI=1S/C18H29N3O3/c22-16(17(23)21-7-12-3-4-13(8-21)19-12)18(5-6-18)15-10-24-9-14(20-15)11-1-2-11/h11-16,19-20,22H,1-10H2/t12-,13+,14?,15-,16+/m1/s1. The molecule has 0 radical (unpaired) electrons. The van der Waals surface area contributed by atoms with E-state index < -0.39 is 6.10 Å². The molecular weight excluding hydrogens is 306 g/mol. The first-order valence-corrected chi connectivity index (χ1v) is 9.72. The molecule has 24 heavy (non-hydrogen) atoms. The highest BCUT2D eigenvalue weighted by Gasteiger charge is 2.59. The van der Waals surface area contributed by atoms with Crippen molar-refractivity contribution in [2.75, 3.05) is 26.3 Å². The van der Waals surface area contributed by atoms with Crippen molar-refractivity contribution in [1.82, 2.24) is 15.5 Å². The summed E-state index contributed by atoms with van der Waals surface area (Å²) >= 11 is 0. The smallest absolute Gasteiger partial charge is 0.252 e. The summed E-state index contributed by atoms with van der Waals surface area (Å²) in [5, 5.41) is 18.2. The zero-order valence-electron chi connectivity index (χ0n) is 14.2. The molecule has 0 spiro atoms. The van der Waals surface area contributed by atoms with E-state index in [2.05, 4.69) is 10.6 Å². The molecule has 5 atom stereocenters. The maximum Gasteiger partial charge on any atom is 0.252 e. The summed E-state index contributed by atoms with van der Waals surface area (Å²) in [6.07, 6.45) is 5.84. The summed E-state index contributed by atoms with van der Waals surface area (Å²) in [6.45, 7) is 2.91. The van der Waals surface area contributed by atoms with E-state index in [9.17, 15) is 9.90 Å². The van der Waals surface area contributed by atoms with E-state index in [0.717, 1.165) is 51.3 Å². The largest absolute Gasteiger partial charge is 0.383 e. The van der Waals surface area contributed by atoms with Crippen molar-refractivity contribution in [2.45, 2.75) is 68.8 Å². The van der Waals surface area contributed by atoms with Gasteiger partial charge < -0.3 is 25.4 Å². The summed E-state index contributed by atoms with van der Waals surface area (Å²) in [5.41, 5.74) is -0.297. The molecule has 2 saturated carbocycles. The molecule has 2 aliphatic carbocycles. The summed E-state index contributed by atoms with van der Waals surface area (Å²) in [6, 6.07) is 1.38. The topological polar surface area (TPSA) is 73.8 Å². The van der Waals surface area contributed by atoms with Crippen LogP contribution < -0.4 is 10.6 Å². The van der Waals surface area contributed by atoms with Gasteiger partial charge in [-0.3, -0.25) is 4.79 Å². The molecule has 6 heteroatoms. The lowest BCUT2D eigenvalue weighted by molar-refractivity contribution is -0.147. The number of piperazine rings is 1. The van der Waals surface area contributed by atoms with Crippen LogP contribution in [0.2, 0.25) is 0 Å². The Bertz CT molecular complexity index is 508. The Balaban J connectivity index is 1.27. The molecule has 134 valence electrons. The van der Waals surface area contributed by atoms with Gasteiger partial charge in [0, 0.05) is 42.7 Å². The number of amides is 1. The second-order valence-corrected chi connectivity index (χ2v) is 8.72. The maximum absolute atomic E-state index is 13.0. The summed E-state index contributed by atoms with van der Waals surface area (Å²) in [4.78, 5) is 14.9. The predicted molar refractivity (Wildman–Crippen MR) is 88.5 cm³/mol. The molecule has 1 unspecified atom stereocenters. The molecule has 0 aromatic rings. The number of rotatable bonds is 4. The van der Waals surface area contributed by atoms with Crippen LogP contribution in [0.3, 0.4) is 0 Å². The zero-order valence-corrected chi connectivity index (χ0v) is 14.2. The minimum Gasteiger partial charge on any atom is -0.383 e. The number of aliphatic hydroxyl groups excluding tert-OH is 1. The number of ether oxygens (including phenoxy) is 1. The van der Waals surface area contributed by atoms with Crippen molar-refractivity contribution in [1.29, 1.82) is 0 Å². The van der Waals surface area contributed by atoms with Crippen LogP contribution >= 0.6 is 0 Å². The molecule has 1 amide bonds. The van der Waals surface area contributed by atoms with Crippen LogP contribution in [0.5, 0.6) is 0 Å². The highest BCUT2D eigenvalue weighted by atomic mass is 16.5. The predicted octanol–water partition coefficient (Wildman–Crippen LogP) is -0.143. The van der Waals surface area contributed by atoms with Crippen molar-refractivity contribution in [3.05, 3.63) is 0 Å². The lowest BCUT2D eigenvalue weighted by Gasteiger charge is -2.40. The number of carbonyl (C=O) groups is 1. The lowest BCUT2D eigenvalue weighted by Crippen LogP contribution is -2.61. The van der Waals surface area contributed by atoms with Crippen LogP contribution in [-0.2, 0) is 9.53 Å². The van der Waals surface area contributed by atoms with Gasteiger partial charge in [-0.2, -0.15) is 0 Å². The Kier molecular flexibility index (Phi) is 3.67. The monoisotopic (exact) mass is 335 g/mol. The van der Waals surface area contributed by atoms with E-state index in [1.807, 2.05) is 4.90 Å². The van der Waals surface area contributed by atoms with Gasteiger partial charge in [-0.25, -0.2) is 0 Å². The number of morpholine rings is 1. The quantitative estimate of drug-likeness (QED) is 0.667. The van der Waals surface area contributed by atoms with Crippen LogP contribution in [0.25, 0.3) is 0 Å². The average molecular weight is 335 g/mol. The fourth-order valence-corrected chi connectivity index (χ4v) is 5.12. The van der Waals surface area contributed by atoms with E-state index >= 15 is 0 Å². The first-order valence-electron chi connectivity index (χ1n) is 9.72. The minimum absolute atomic E-state index is 0.0544. The number of hydrogen-bond acceptors (Lipinski definition) is 5. The SMILES string of the molecule is O=C([C@H](O)C1([C@H]2COCC(C3CC3)N2)CC1)N1C[C@H]2CC[C@@H](C1)N2. The zero-order chi connectivity index (χ0) is 16.3. The number of carbonyl (C=O) groups excluding carboxylic acids is 1. The second kappa shape index (κ2) is 5.66. The summed E-state index contributed by atoms with van der Waals surface area (Å²) < 4.78 is 5.83. The molecule has 6 nitrogen and oxygen atoms in total. The van der Waals surface area contributed by atoms with Gasteiger partial charge in [0.1, 0.15) is 6.10 Å². The van der Waals surface area contributed by atoms with Gasteiger partial charge >= 0.3 is 0 Å². The van der Waals surface area contributed by atoms with Gasteiger partial charge in [-0.05, 0) is 44.4 Å². The second-order valence-electron chi connectivity index (χ2n) is 8.72. The van der Waals surface area contributed by atoms with Crippen LogP contribution in [0.1, 0.15) is 38.5 Å². The highest BCUT2D eigenvalue weighted by molar-refractivity contribution is 5.82. The summed E-state index contributed by atoms with van der Waals surface area (Å²) in [5.74, 6) is 0.682.